The highest BCUT2D eigenvalue weighted by Crippen LogP contribution is 2.13. The van der Waals surface area contributed by atoms with Gasteiger partial charge in [-0.2, -0.15) is 0 Å². The van der Waals surface area contributed by atoms with Gasteiger partial charge in [-0.3, -0.25) is 0 Å². The lowest BCUT2D eigenvalue weighted by Gasteiger charge is -2.04. The fraction of sp³-hybridized carbons (Fsp3) is 0.765. The number of carboxylic acid groups (broad SMARTS) is 1. The van der Waals surface area contributed by atoms with E-state index < -0.39 is 5.97 Å². The van der Waals surface area contributed by atoms with Crippen LogP contribution in [0.25, 0.3) is 0 Å². The summed E-state index contributed by atoms with van der Waals surface area (Å²) < 4.78 is 0. The van der Waals surface area contributed by atoms with E-state index in [0.29, 0.717) is 5.57 Å². The Morgan fingerprint density at radius 1 is 1.00 bits per heavy atom. The highest BCUT2D eigenvalue weighted by molar-refractivity contribution is 5.85. The molecule has 0 unspecified atom stereocenters. The molecular formula is C17H31O2. The van der Waals surface area contributed by atoms with Gasteiger partial charge >= 0.3 is 5.97 Å². The SMILES string of the molecule is CC(=C[CH]CCCCCCCCCC(C)C)C(=O)O. The maximum Gasteiger partial charge on any atom is 0.330 e. The minimum absolute atomic E-state index is 0.421. The summed E-state index contributed by atoms with van der Waals surface area (Å²) in [5.74, 6) is 0.0236. The summed E-state index contributed by atoms with van der Waals surface area (Å²) in [6.07, 6.45) is 15.3. The number of hydrogen-bond donors (Lipinski definition) is 1. The van der Waals surface area contributed by atoms with Gasteiger partial charge in [-0.25, -0.2) is 4.79 Å². The molecule has 0 aromatic heterocycles. The van der Waals surface area contributed by atoms with E-state index in [1.54, 1.807) is 13.0 Å². The van der Waals surface area contributed by atoms with E-state index in [2.05, 4.69) is 13.8 Å². The van der Waals surface area contributed by atoms with Crippen molar-refractivity contribution < 1.29 is 9.90 Å². The molecule has 0 heterocycles. The molecule has 2 heteroatoms. The molecule has 19 heavy (non-hydrogen) atoms. The molecule has 0 aromatic rings. The number of allylic oxidation sites excluding steroid dienone is 1. The Balaban J connectivity index is 3.19. The number of rotatable bonds is 12. The van der Waals surface area contributed by atoms with Gasteiger partial charge in [-0.15, -0.1) is 0 Å². The first-order valence-electron chi connectivity index (χ1n) is 7.77. The zero-order valence-corrected chi connectivity index (χ0v) is 13.0. The van der Waals surface area contributed by atoms with Crippen molar-refractivity contribution in [2.75, 3.05) is 0 Å². The van der Waals surface area contributed by atoms with E-state index in [-0.39, 0.29) is 0 Å². The standard InChI is InChI=1S/C17H31O2/c1-15(2)13-11-9-7-5-4-6-8-10-12-14-16(3)17(18)19/h12,14-15H,4-11,13H2,1-3H3,(H,18,19). The Morgan fingerprint density at radius 3 is 2.05 bits per heavy atom. The Bertz CT molecular complexity index is 254. The highest BCUT2D eigenvalue weighted by Gasteiger charge is 1.98. The van der Waals surface area contributed by atoms with Crippen molar-refractivity contribution in [2.45, 2.75) is 78.6 Å². The first kappa shape index (κ1) is 18.2. The second-order valence-electron chi connectivity index (χ2n) is 5.84. The van der Waals surface area contributed by atoms with Crippen LogP contribution >= 0.6 is 0 Å². The lowest BCUT2D eigenvalue weighted by molar-refractivity contribution is -0.132. The number of hydrogen-bond acceptors (Lipinski definition) is 1. The van der Waals surface area contributed by atoms with Gasteiger partial charge in [0.1, 0.15) is 0 Å². The molecule has 0 fully saturated rings. The van der Waals surface area contributed by atoms with Crippen LogP contribution in [0.3, 0.4) is 0 Å². The lowest BCUT2D eigenvalue weighted by Crippen LogP contribution is -1.95. The van der Waals surface area contributed by atoms with Gasteiger partial charge in [-0.05, 0) is 25.7 Å². The second-order valence-corrected chi connectivity index (χ2v) is 5.84. The highest BCUT2D eigenvalue weighted by atomic mass is 16.4. The number of unbranched alkanes of at least 4 members (excludes halogenated alkanes) is 8. The van der Waals surface area contributed by atoms with Gasteiger partial charge in [0.05, 0.1) is 0 Å². The molecule has 0 aliphatic heterocycles. The predicted octanol–water partition coefficient (Wildman–Crippen LogP) is 5.39. The van der Waals surface area contributed by atoms with Crippen molar-refractivity contribution in [3.8, 4) is 0 Å². The zero-order chi connectivity index (χ0) is 14.5. The van der Waals surface area contributed by atoms with Crippen molar-refractivity contribution in [2.24, 2.45) is 5.92 Å². The summed E-state index contributed by atoms with van der Waals surface area (Å²) in [4.78, 5) is 10.5. The third-order valence-corrected chi connectivity index (χ3v) is 3.36. The third-order valence-electron chi connectivity index (χ3n) is 3.36. The molecule has 0 aromatic carbocycles. The molecule has 0 aliphatic carbocycles. The van der Waals surface area contributed by atoms with Gasteiger partial charge in [0.2, 0.25) is 0 Å². The lowest BCUT2D eigenvalue weighted by atomic mass is 10.0. The quantitative estimate of drug-likeness (QED) is 0.380. The normalized spacial score (nSPS) is 12.1. The van der Waals surface area contributed by atoms with E-state index >= 15 is 0 Å². The summed E-state index contributed by atoms with van der Waals surface area (Å²) in [6, 6.07) is 0. The first-order chi connectivity index (χ1) is 9.04. The van der Waals surface area contributed by atoms with Gasteiger partial charge in [0, 0.05) is 5.57 Å². The molecule has 0 bridgehead atoms. The Hall–Kier alpha value is -0.790. The zero-order valence-electron chi connectivity index (χ0n) is 13.0. The van der Waals surface area contributed by atoms with E-state index in [9.17, 15) is 4.79 Å². The van der Waals surface area contributed by atoms with Gasteiger partial charge in [-0.1, -0.05) is 71.3 Å². The predicted molar refractivity (Wildman–Crippen MR) is 82.1 cm³/mol. The van der Waals surface area contributed by atoms with Crippen LogP contribution in [-0.4, -0.2) is 11.1 Å². The second kappa shape index (κ2) is 12.3. The smallest absolute Gasteiger partial charge is 0.330 e. The number of aliphatic carboxylic acids is 1. The summed E-state index contributed by atoms with van der Waals surface area (Å²) in [5, 5.41) is 8.67. The first-order valence-corrected chi connectivity index (χ1v) is 7.77. The topological polar surface area (TPSA) is 37.3 Å². The molecule has 0 amide bonds. The minimum Gasteiger partial charge on any atom is -0.478 e. The van der Waals surface area contributed by atoms with Crippen LogP contribution in [0.2, 0.25) is 0 Å². The Morgan fingerprint density at radius 2 is 1.53 bits per heavy atom. The monoisotopic (exact) mass is 267 g/mol. The number of carbonyl (C=O) groups is 1. The van der Waals surface area contributed by atoms with Gasteiger partial charge in [0.25, 0.3) is 0 Å². The van der Waals surface area contributed by atoms with Gasteiger partial charge in [0.15, 0.2) is 0 Å². The maximum atomic E-state index is 10.5. The summed E-state index contributed by atoms with van der Waals surface area (Å²) in [7, 11) is 0. The van der Waals surface area contributed by atoms with Crippen LogP contribution in [0, 0.1) is 12.3 Å². The molecule has 2 nitrogen and oxygen atoms in total. The van der Waals surface area contributed by atoms with Crippen molar-refractivity contribution >= 4 is 5.97 Å². The average Bonchev–Trinajstić information content (AvgIpc) is 2.35. The fourth-order valence-electron chi connectivity index (χ4n) is 2.03. The van der Waals surface area contributed by atoms with Crippen molar-refractivity contribution in [3.05, 3.63) is 18.1 Å². The molecule has 0 rings (SSSR count). The number of carboxylic acids is 1. The Labute approximate surface area is 119 Å². The molecule has 0 atom stereocenters. The van der Waals surface area contributed by atoms with Crippen LogP contribution in [-0.2, 0) is 4.79 Å². The molecule has 1 N–H and O–H groups in total. The fourth-order valence-corrected chi connectivity index (χ4v) is 2.03. The van der Waals surface area contributed by atoms with Crippen LogP contribution in [0.1, 0.15) is 78.6 Å². The van der Waals surface area contributed by atoms with Crippen molar-refractivity contribution in [1.82, 2.24) is 0 Å². The summed E-state index contributed by atoms with van der Waals surface area (Å²) in [6.45, 7) is 6.21. The van der Waals surface area contributed by atoms with Crippen LogP contribution < -0.4 is 0 Å². The van der Waals surface area contributed by atoms with E-state index in [1.165, 1.54) is 51.4 Å². The average molecular weight is 267 g/mol. The molecule has 0 saturated heterocycles. The Kier molecular flexibility index (Phi) is 11.7. The summed E-state index contributed by atoms with van der Waals surface area (Å²) in [5.41, 5.74) is 0.421. The van der Waals surface area contributed by atoms with Crippen molar-refractivity contribution in [1.29, 1.82) is 0 Å². The molecule has 111 valence electrons. The maximum absolute atomic E-state index is 10.5. The van der Waals surface area contributed by atoms with Crippen LogP contribution in [0.4, 0.5) is 0 Å². The summed E-state index contributed by atoms with van der Waals surface area (Å²) >= 11 is 0. The minimum atomic E-state index is -0.822. The molecule has 0 aliphatic rings. The third kappa shape index (κ3) is 13.4. The molecule has 0 saturated carbocycles. The molecule has 0 spiro atoms. The van der Waals surface area contributed by atoms with E-state index in [4.69, 9.17) is 5.11 Å². The van der Waals surface area contributed by atoms with Crippen LogP contribution in [0.15, 0.2) is 11.6 Å². The van der Waals surface area contributed by atoms with Gasteiger partial charge < -0.3 is 5.11 Å². The van der Waals surface area contributed by atoms with Crippen molar-refractivity contribution in [3.63, 3.8) is 0 Å². The largest absolute Gasteiger partial charge is 0.478 e. The molecule has 1 radical (unpaired) electrons. The molecular weight excluding hydrogens is 236 g/mol. The van der Waals surface area contributed by atoms with E-state index in [1.807, 2.05) is 6.42 Å². The van der Waals surface area contributed by atoms with Crippen LogP contribution in [0.5, 0.6) is 0 Å². The van der Waals surface area contributed by atoms with E-state index in [0.717, 1.165) is 12.3 Å².